The Morgan fingerprint density at radius 3 is 2.57 bits per heavy atom. The fraction of sp³-hybridized carbons (Fsp3) is 0. The predicted octanol–water partition coefficient (Wildman–Crippen LogP) is 3.75. The second-order valence-electron chi connectivity index (χ2n) is 5.96. The van der Waals surface area contributed by atoms with Gasteiger partial charge in [0.05, 0.1) is 4.90 Å². The van der Waals surface area contributed by atoms with E-state index >= 15 is 0 Å². The van der Waals surface area contributed by atoms with E-state index in [-0.39, 0.29) is 10.7 Å². The number of fused-ring (bicyclic) bond motifs is 1. The summed E-state index contributed by atoms with van der Waals surface area (Å²) in [5.74, 6) is -1.16. The molecule has 1 N–H and O–H groups in total. The number of aromatic nitrogens is 1. The summed E-state index contributed by atoms with van der Waals surface area (Å²) in [6.07, 6.45) is 3.02. The average Bonchev–Trinajstić information content (AvgIpc) is 3.18. The third kappa shape index (κ3) is 3.37. The van der Waals surface area contributed by atoms with Crippen LogP contribution in [0, 0.1) is 5.82 Å². The van der Waals surface area contributed by atoms with E-state index in [0.29, 0.717) is 22.1 Å². The molecule has 1 amide bonds. The standard InChI is InChI=1S/C20H13FN2O4S/c21-15-6-4-13(5-7-15)17-8-9-18(27-17)20(24)23-28(25,26)19-3-1-2-14-12-22-11-10-16(14)19/h1-12H,(H,23,24). The molecular weight excluding hydrogens is 383 g/mol. The van der Waals surface area contributed by atoms with Crippen molar-refractivity contribution in [2.24, 2.45) is 0 Å². The summed E-state index contributed by atoms with van der Waals surface area (Å²) in [4.78, 5) is 16.3. The van der Waals surface area contributed by atoms with Gasteiger partial charge in [-0.3, -0.25) is 9.78 Å². The van der Waals surface area contributed by atoms with Crippen LogP contribution >= 0.6 is 0 Å². The van der Waals surface area contributed by atoms with Gasteiger partial charge in [-0.15, -0.1) is 0 Å². The molecule has 0 saturated heterocycles. The van der Waals surface area contributed by atoms with E-state index in [9.17, 15) is 17.6 Å². The van der Waals surface area contributed by atoms with Crippen LogP contribution in [0.2, 0.25) is 0 Å². The normalized spacial score (nSPS) is 11.5. The molecular formula is C20H13FN2O4S. The van der Waals surface area contributed by atoms with Crippen molar-refractivity contribution in [2.45, 2.75) is 4.90 Å². The number of amides is 1. The summed E-state index contributed by atoms with van der Waals surface area (Å²) >= 11 is 0. The lowest BCUT2D eigenvalue weighted by atomic mass is 10.2. The Morgan fingerprint density at radius 1 is 1.00 bits per heavy atom. The molecule has 2 aromatic heterocycles. The quantitative estimate of drug-likeness (QED) is 0.567. The highest BCUT2D eigenvalue weighted by atomic mass is 32.2. The fourth-order valence-electron chi connectivity index (χ4n) is 2.78. The van der Waals surface area contributed by atoms with Gasteiger partial charge in [0.25, 0.3) is 10.0 Å². The first-order chi connectivity index (χ1) is 13.4. The van der Waals surface area contributed by atoms with Crippen LogP contribution in [0.4, 0.5) is 4.39 Å². The molecule has 0 bridgehead atoms. The van der Waals surface area contributed by atoms with Crippen LogP contribution in [0.1, 0.15) is 10.6 Å². The first kappa shape index (κ1) is 17.9. The summed E-state index contributed by atoms with van der Waals surface area (Å²) in [5, 5.41) is 1.08. The third-order valence-electron chi connectivity index (χ3n) is 4.12. The van der Waals surface area contributed by atoms with Crippen LogP contribution in [0.15, 0.2) is 82.4 Å². The number of nitrogens with zero attached hydrogens (tertiary/aromatic N) is 1. The lowest BCUT2D eigenvalue weighted by Gasteiger charge is -2.08. The molecule has 0 fully saturated rings. The first-order valence-corrected chi connectivity index (χ1v) is 9.68. The molecule has 0 atom stereocenters. The molecule has 0 radical (unpaired) electrons. The third-order valence-corrected chi connectivity index (χ3v) is 5.50. The molecule has 0 aliphatic rings. The number of hydrogen-bond donors (Lipinski definition) is 1. The molecule has 6 nitrogen and oxygen atoms in total. The second-order valence-corrected chi connectivity index (χ2v) is 7.61. The zero-order chi connectivity index (χ0) is 19.7. The number of benzene rings is 2. The van der Waals surface area contributed by atoms with Gasteiger partial charge in [0.1, 0.15) is 11.6 Å². The Balaban J connectivity index is 1.62. The van der Waals surface area contributed by atoms with E-state index in [2.05, 4.69) is 4.98 Å². The van der Waals surface area contributed by atoms with E-state index in [0.717, 1.165) is 0 Å². The van der Waals surface area contributed by atoms with Crippen molar-refractivity contribution in [3.63, 3.8) is 0 Å². The van der Waals surface area contributed by atoms with Crippen molar-refractivity contribution in [1.29, 1.82) is 0 Å². The van der Waals surface area contributed by atoms with Crippen molar-refractivity contribution < 1.29 is 22.0 Å². The molecule has 8 heteroatoms. The topological polar surface area (TPSA) is 89.3 Å². The van der Waals surface area contributed by atoms with Crippen molar-refractivity contribution in [1.82, 2.24) is 9.71 Å². The molecule has 2 heterocycles. The van der Waals surface area contributed by atoms with Crippen LogP contribution in [0.5, 0.6) is 0 Å². The van der Waals surface area contributed by atoms with Crippen LogP contribution in [0.25, 0.3) is 22.1 Å². The fourth-order valence-corrected chi connectivity index (χ4v) is 3.97. The maximum atomic E-state index is 13.0. The molecule has 140 valence electrons. The molecule has 0 aliphatic carbocycles. The molecule has 0 spiro atoms. The van der Waals surface area contributed by atoms with Crippen molar-refractivity contribution >= 4 is 26.7 Å². The molecule has 28 heavy (non-hydrogen) atoms. The Kier molecular flexibility index (Phi) is 4.40. The Bertz CT molecular complexity index is 1280. The number of hydrogen-bond acceptors (Lipinski definition) is 5. The Hall–Kier alpha value is -3.52. The molecule has 2 aromatic carbocycles. The maximum Gasteiger partial charge on any atom is 0.300 e. The number of halogens is 1. The summed E-state index contributed by atoms with van der Waals surface area (Å²) in [5.41, 5.74) is 0.560. The van der Waals surface area contributed by atoms with Gasteiger partial charge in [-0.1, -0.05) is 12.1 Å². The number of carbonyl (C=O) groups is 1. The van der Waals surface area contributed by atoms with Gasteiger partial charge in [0.15, 0.2) is 5.76 Å². The minimum absolute atomic E-state index is 0.0361. The molecule has 4 aromatic rings. The zero-order valence-corrected chi connectivity index (χ0v) is 15.1. The van der Waals surface area contributed by atoms with Crippen molar-refractivity contribution in [3.05, 3.63) is 84.6 Å². The number of nitrogens with one attached hydrogen (secondary N) is 1. The van der Waals surface area contributed by atoms with Gasteiger partial charge in [-0.25, -0.2) is 17.5 Å². The van der Waals surface area contributed by atoms with E-state index in [4.69, 9.17) is 4.42 Å². The van der Waals surface area contributed by atoms with Crippen LogP contribution in [0.3, 0.4) is 0 Å². The lowest BCUT2D eigenvalue weighted by molar-refractivity contribution is 0.0955. The van der Waals surface area contributed by atoms with E-state index in [1.165, 1.54) is 54.9 Å². The SMILES string of the molecule is O=C(NS(=O)(=O)c1cccc2cnccc12)c1ccc(-c2ccc(F)cc2)o1. The van der Waals surface area contributed by atoms with E-state index < -0.39 is 21.7 Å². The highest BCUT2D eigenvalue weighted by molar-refractivity contribution is 7.90. The molecule has 4 rings (SSSR count). The summed E-state index contributed by atoms with van der Waals surface area (Å²) in [6, 6.07) is 14.7. The monoisotopic (exact) mass is 396 g/mol. The summed E-state index contributed by atoms with van der Waals surface area (Å²) < 4.78 is 45.9. The first-order valence-electron chi connectivity index (χ1n) is 8.20. The number of rotatable bonds is 4. The van der Waals surface area contributed by atoms with E-state index in [1.54, 1.807) is 18.2 Å². The van der Waals surface area contributed by atoms with Crippen LogP contribution < -0.4 is 4.72 Å². The van der Waals surface area contributed by atoms with Gasteiger partial charge in [-0.05, 0) is 48.5 Å². The zero-order valence-electron chi connectivity index (χ0n) is 14.3. The smallest absolute Gasteiger partial charge is 0.300 e. The van der Waals surface area contributed by atoms with Gasteiger partial charge < -0.3 is 4.42 Å². The minimum atomic E-state index is -4.13. The summed E-state index contributed by atoms with van der Waals surface area (Å²) in [6.45, 7) is 0. The van der Waals surface area contributed by atoms with Crippen LogP contribution in [-0.4, -0.2) is 19.3 Å². The van der Waals surface area contributed by atoms with Gasteiger partial charge in [-0.2, -0.15) is 0 Å². The van der Waals surface area contributed by atoms with Gasteiger partial charge >= 0.3 is 5.91 Å². The number of sulfonamides is 1. The second kappa shape index (κ2) is 6.90. The highest BCUT2D eigenvalue weighted by Crippen LogP contribution is 2.24. The van der Waals surface area contributed by atoms with Gasteiger partial charge in [0, 0.05) is 28.7 Å². The van der Waals surface area contributed by atoms with Crippen molar-refractivity contribution in [2.75, 3.05) is 0 Å². The van der Waals surface area contributed by atoms with E-state index in [1.807, 2.05) is 4.72 Å². The van der Waals surface area contributed by atoms with Gasteiger partial charge in [0.2, 0.25) is 0 Å². The Labute approximate surface area is 159 Å². The number of furan rings is 1. The Morgan fingerprint density at radius 2 is 1.79 bits per heavy atom. The maximum absolute atomic E-state index is 13.0. The van der Waals surface area contributed by atoms with Crippen molar-refractivity contribution in [3.8, 4) is 11.3 Å². The minimum Gasteiger partial charge on any atom is -0.451 e. The van der Waals surface area contributed by atoms with Crippen LogP contribution in [-0.2, 0) is 10.0 Å². The predicted molar refractivity (Wildman–Crippen MR) is 100 cm³/mol. The highest BCUT2D eigenvalue weighted by Gasteiger charge is 2.23. The average molecular weight is 396 g/mol. The number of pyridine rings is 1. The largest absolute Gasteiger partial charge is 0.451 e. The molecule has 0 saturated carbocycles. The summed E-state index contributed by atoms with van der Waals surface area (Å²) in [7, 11) is -4.13. The number of carbonyl (C=O) groups excluding carboxylic acids is 1. The lowest BCUT2D eigenvalue weighted by Crippen LogP contribution is -2.30. The molecule has 0 unspecified atom stereocenters. The molecule has 0 aliphatic heterocycles.